The number of nitrogens with zero attached hydrogens (tertiary/aromatic N) is 2. The molecule has 0 unspecified atom stereocenters. The summed E-state index contributed by atoms with van der Waals surface area (Å²) in [5.41, 5.74) is 1.97. The molecule has 8 heteroatoms. The molecule has 5 nitrogen and oxygen atoms in total. The van der Waals surface area contributed by atoms with E-state index in [1.165, 1.54) is 17.3 Å². The second kappa shape index (κ2) is 7.24. The van der Waals surface area contributed by atoms with Crippen LogP contribution in [0.25, 0.3) is 0 Å². The summed E-state index contributed by atoms with van der Waals surface area (Å²) in [7, 11) is -3.87. The summed E-state index contributed by atoms with van der Waals surface area (Å²) in [5, 5.41) is 0. The maximum Gasteiger partial charge on any atom is 0.244 e. The molecule has 1 atom stereocenters. The Kier molecular flexibility index (Phi) is 5.05. The van der Waals surface area contributed by atoms with Crippen molar-refractivity contribution < 1.29 is 17.6 Å². The third kappa shape index (κ3) is 3.17. The van der Waals surface area contributed by atoms with Crippen LogP contribution in [0, 0.1) is 5.82 Å². The third-order valence-electron chi connectivity index (χ3n) is 5.46. The first-order chi connectivity index (χ1) is 13.3. The number of halogens is 2. The highest BCUT2D eigenvalue weighted by molar-refractivity contribution is 9.10. The molecule has 28 heavy (non-hydrogen) atoms. The lowest BCUT2D eigenvalue weighted by molar-refractivity contribution is -0.116. The highest BCUT2D eigenvalue weighted by Gasteiger charge is 2.39. The molecule has 0 aromatic heterocycles. The van der Waals surface area contributed by atoms with E-state index in [0.29, 0.717) is 48.1 Å². The van der Waals surface area contributed by atoms with Crippen molar-refractivity contribution >= 4 is 37.5 Å². The van der Waals surface area contributed by atoms with E-state index >= 15 is 0 Å². The van der Waals surface area contributed by atoms with Gasteiger partial charge >= 0.3 is 0 Å². The van der Waals surface area contributed by atoms with Crippen LogP contribution in [0.4, 0.5) is 10.1 Å². The summed E-state index contributed by atoms with van der Waals surface area (Å²) in [4.78, 5) is 13.6. The van der Waals surface area contributed by atoms with Crippen LogP contribution in [-0.2, 0) is 21.2 Å². The van der Waals surface area contributed by atoms with Crippen molar-refractivity contribution in [1.29, 1.82) is 0 Å². The number of sulfonamides is 1. The van der Waals surface area contributed by atoms with Crippen molar-refractivity contribution in [3.05, 3.63) is 57.8 Å². The zero-order chi connectivity index (χ0) is 20.1. The minimum absolute atomic E-state index is 0.114. The Morgan fingerprint density at radius 2 is 1.96 bits per heavy atom. The van der Waals surface area contributed by atoms with Gasteiger partial charge in [0, 0.05) is 35.7 Å². The lowest BCUT2D eigenvalue weighted by Crippen LogP contribution is -2.31. The third-order valence-corrected chi connectivity index (χ3v) is 8.33. The van der Waals surface area contributed by atoms with E-state index in [1.807, 2.05) is 0 Å². The Balaban J connectivity index is 1.78. The van der Waals surface area contributed by atoms with E-state index in [-0.39, 0.29) is 10.8 Å². The number of benzene rings is 2. The quantitative estimate of drug-likeness (QED) is 0.685. The van der Waals surface area contributed by atoms with Crippen molar-refractivity contribution in [2.45, 2.75) is 37.1 Å². The molecule has 0 spiro atoms. The zero-order valence-corrected chi connectivity index (χ0v) is 17.8. The van der Waals surface area contributed by atoms with E-state index in [4.69, 9.17) is 0 Å². The molecular weight excluding hydrogens is 447 g/mol. The lowest BCUT2D eigenvalue weighted by atomic mass is 10.1. The molecule has 0 radical (unpaired) electrons. The van der Waals surface area contributed by atoms with Gasteiger partial charge in [0.25, 0.3) is 0 Å². The van der Waals surface area contributed by atoms with E-state index in [0.717, 1.165) is 5.56 Å². The molecular formula is C20H20BrFN2O3S. The highest BCUT2D eigenvalue weighted by Crippen LogP contribution is 2.41. The predicted octanol–water partition coefficient (Wildman–Crippen LogP) is 4.02. The number of carbonyl (C=O) groups is 1. The van der Waals surface area contributed by atoms with Crippen LogP contribution in [0.5, 0.6) is 0 Å². The number of anilines is 1. The molecule has 148 valence electrons. The SMILES string of the molecule is CC(=O)N1CCc2cc(Br)c(S(=O)(=O)N3CCC[C@@H]3c3ccccc3F)cc21. The summed E-state index contributed by atoms with van der Waals surface area (Å²) in [5.74, 6) is -0.514. The first kappa shape index (κ1) is 19.5. The van der Waals surface area contributed by atoms with E-state index in [2.05, 4.69) is 15.9 Å². The molecule has 1 fully saturated rings. The van der Waals surface area contributed by atoms with Crippen LogP contribution in [-0.4, -0.2) is 31.7 Å². The Labute approximate surface area is 172 Å². The van der Waals surface area contributed by atoms with Crippen LogP contribution in [0.3, 0.4) is 0 Å². The lowest BCUT2D eigenvalue weighted by Gasteiger charge is -2.26. The minimum atomic E-state index is -3.87. The highest BCUT2D eigenvalue weighted by atomic mass is 79.9. The summed E-state index contributed by atoms with van der Waals surface area (Å²) in [6, 6.07) is 9.13. The first-order valence-corrected chi connectivity index (χ1v) is 11.4. The van der Waals surface area contributed by atoms with E-state index in [1.54, 1.807) is 35.2 Å². The smallest absolute Gasteiger partial charge is 0.244 e. The van der Waals surface area contributed by atoms with Crippen LogP contribution in [0.2, 0.25) is 0 Å². The van der Waals surface area contributed by atoms with Gasteiger partial charge in [-0.05, 0) is 59.0 Å². The molecule has 0 N–H and O–H groups in total. The van der Waals surface area contributed by atoms with Gasteiger partial charge in [-0.2, -0.15) is 4.31 Å². The van der Waals surface area contributed by atoms with Crippen LogP contribution in [0.15, 0.2) is 45.8 Å². The summed E-state index contributed by atoms with van der Waals surface area (Å²) in [6.07, 6.45) is 1.93. The Bertz CT molecular complexity index is 1060. The van der Waals surface area contributed by atoms with Crippen molar-refractivity contribution in [1.82, 2.24) is 4.31 Å². The molecule has 2 aliphatic heterocycles. The topological polar surface area (TPSA) is 57.7 Å². The van der Waals surface area contributed by atoms with Crippen LogP contribution in [0.1, 0.15) is 36.9 Å². The fourth-order valence-electron chi connectivity index (χ4n) is 4.12. The van der Waals surface area contributed by atoms with Crippen molar-refractivity contribution in [3.63, 3.8) is 0 Å². The van der Waals surface area contributed by atoms with Gasteiger partial charge in [0.15, 0.2) is 0 Å². The van der Waals surface area contributed by atoms with E-state index < -0.39 is 21.9 Å². The fraction of sp³-hybridized carbons (Fsp3) is 0.350. The second-order valence-electron chi connectivity index (χ2n) is 7.13. The summed E-state index contributed by atoms with van der Waals surface area (Å²) in [6.45, 7) is 2.35. The van der Waals surface area contributed by atoms with Crippen molar-refractivity contribution in [2.75, 3.05) is 18.0 Å². The number of fused-ring (bicyclic) bond motifs is 1. The van der Waals surface area contributed by atoms with E-state index in [9.17, 15) is 17.6 Å². The monoisotopic (exact) mass is 466 g/mol. The Morgan fingerprint density at radius 3 is 2.68 bits per heavy atom. The number of carbonyl (C=O) groups excluding carboxylic acids is 1. The molecule has 4 rings (SSSR count). The average molecular weight is 467 g/mol. The molecule has 1 amide bonds. The molecule has 2 aliphatic rings. The molecule has 0 saturated carbocycles. The van der Waals surface area contributed by atoms with Gasteiger partial charge in [0.1, 0.15) is 5.82 Å². The summed E-state index contributed by atoms with van der Waals surface area (Å²) >= 11 is 3.40. The molecule has 2 aromatic carbocycles. The van der Waals surface area contributed by atoms with Crippen LogP contribution < -0.4 is 4.90 Å². The minimum Gasteiger partial charge on any atom is -0.312 e. The standard InChI is InChI=1S/C20H20BrFN2O3S/c1-13(25)23-10-8-14-11-16(21)20(12-19(14)23)28(26,27)24-9-4-7-18(24)15-5-2-3-6-17(15)22/h2-3,5-6,11-12,18H,4,7-10H2,1H3/t18-/m1/s1. The van der Waals surface area contributed by atoms with Gasteiger partial charge in [-0.1, -0.05) is 18.2 Å². The van der Waals surface area contributed by atoms with Crippen molar-refractivity contribution in [2.24, 2.45) is 0 Å². The summed E-state index contributed by atoms with van der Waals surface area (Å²) < 4.78 is 43.2. The maximum absolute atomic E-state index is 14.3. The van der Waals surface area contributed by atoms with Gasteiger partial charge in [-0.15, -0.1) is 0 Å². The van der Waals surface area contributed by atoms with Gasteiger partial charge in [0.2, 0.25) is 15.9 Å². The molecule has 2 heterocycles. The largest absolute Gasteiger partial charge is 0.312 e. The zero-order valence-electron chi connectivity index (χ0n) is 15.4. The van der Waals surface area contributed by atoms with Crippen LogP contribution >= 0.6 is 15.9 Å². The average Bonchev–Trinajstić information content (AvgIpc) is 3.28. The Morgan fingerprint density at radius 1 is 1.21 bits per heavy atom. The molecule has 1 saturated heterocycles. The number of hydrogen-bond acceptors (Lipinski definition) is 3. The number of rotatable bonds is 3. The van der Waals surface area contributed by atoms with Gasteiger partial charge in [-0.3, -0.25) is 4.79 Å². The predicted molar refractivity (Wildman–Crippen MR) is 108 cm³/mol. The van der Waals surface area contributed by atoms with Crippen molar-refractivity contribution in [3.8, 4) is 0 Å². The Hall–Kier alpha value is -1.77. The molecule has 2 aromatic rings. The van der Waals surface area contributed by atoms with Gasteiger partial charge < -0.3 is 4.90 Å². The fourth-order valence-corrected chi connectivity index (χ4v) is 6.87. The molecule has 0 bridgehead atoms. The first-order valence-electron chi connectivity index (χ1n) is 9.17. The van der Waals surface area contributed by atoms with Gasteiger partial charge in [-0.25, -0.2) is 12.8 Å². The normalized spacial score (nSPS) is 19.8. The second-order valence-corrected chi connectivity index (χ2v) is 9.84. The maximum atomic E-state index is 14.3. The number of amides is 1. The molecule has 0 aliphatic carbocycles. The van der Waals surface area contributed by atoms with Gasteiger partial charge in [0.05, 0.1) is 10.9 Å². The number of hydrogen-bond donors (Lipinski definition) is 0.